The zero-order valence-electron chi connectivity index (χ0n) is 14.6. The molecule has 0 radical (unpaired) electrons. The molecule has 1 saturated heterocycles. The molecule has 2 aromatic heterocycles. The van der Waals surface area contributed by atoms with Crippen molar-refractivity contribution in [1.82, 2.24) is 20.0 Å². The fourth-order valence-electron chi connectivity index (χ4n) is 3.57. The average Bonchev–Trinajstić information content (AvgIpc) is 3.23. The monoisotopic (exact) mass is 340 g/mol. The van der Waals surface area contributed by atoms with Gasteiger partial charge in [-0.1, -0.05) is 12.1 Å². The van der Waals surface area contributed by atoms with E-state index >= 15 is 0 Å². The first-order chi connectivity index (χ1) is 12.1. The minimum atomic E-state index is -0.0605. The van der Waals surface area contributed by atoms with E-state index in [2.05, 4.69) is 26.9 Å². The topological polar surface area (TPSA) is 72.1 Å². The van der Waals surface area contributed by atoms with E-state index in [0.717, 1.165) is 56.6 Å². The molecule has 2 aromatic rings. The number of pyridine rings is 1. The van der Waals surface area contributed by atoms with E-state index < -0.39 is 0 Å². The molecule has 1 aliphatic heterocycles. The summed E-state index contributed by atoms with van der Waals surface area (Å²) >= 11 is 0. The maximum Gasteiger partial charge on any atom is 0.258 e. The van der Waals surface area contributed by atoms with Crippen molar-refractivity contribution < 1.29 is 9.32 Å². The van der Waals surface area contributed by atoms with Crippen molar-refractivity contribution in [1.29, 1.82) is 0 Å². The van der Waals surface area contributed by atoms with Crippen LogP contribution in [0.2, 0.25) is 0 Å². The molecule has 25 heavy (non-hydrogen) atoms. The molecule has 1 unspecified atom stereocenters. The van der Waals surface area contributed by atoms with Crippen LogP contribution in [0.4, 0.5) is 0 Å². The number of aryl methyl sites for hydroxylation is 1. The van der Waals surface area contributed by atoms with E-state index in [0.29, 0.717) is 17.7 Å². The third-order valence-corrected chi connectivity index (χ3v) is 5.49. The SMILES string of the molecule is CC1(C(=O)N2CCCC(CCc3noc(-c4ccncc4)n3)C2)CC1. The van der Waals surface area contributed by atoms with Crippen LogP contribution in [0.3, 0.4) is 0 Å². The van der Waals surface area contributed by atoms with E-state index in [9.17, 15) is 4.79 Å². The number of nitrogens with zero attached hydrogens (tertiary/aromatic N) is 4. The van der Waals surface area contributed by atoms with E-state index in [-0.39, 0.29) is 5.41 Å². The Hall–Kier alpha value is -2.24. The van der Waals surface area contributed by atoms with Crippen molar-refractivity contribution in [2.75, 3.05) is 13.1 Å². The van der Waals surface area contributed by atoms with Gasteiger partial charge in [-0.2, -0.15) is 4.98 Å². The first-order valence-corrected chi connectivity index (χ1v) is 9.16. The second-order valence-electron chi connectivity index (χ2n) is 7.61. The lowest BCUT2D eigenvalue weighted by atomic mass is 9.92. The summed E-state index contributed by atoms with van der Waals surface area (Å²) in [7, 11) is 0. The smallest absolute Gasteiger partial charge is 0.258 e. The molecule has 2 aliphatic rings. The van der Waals surface area contributed by atoms with Crippen molar-refractivity contribution >= 4 is 5.91 Å². The highest BCUT2D eigenvalue weighted by Gasteiger charge is 2.47. The predicted octanol–water partition coefficient (Wildman–Crippen LogP) is 3.10. The molecule has 1 saturated carbocycles. The molecule has 1 aliphatic carbocycles. The minimum Gasteiger partial charge on any atom is -0.342 e. The number of aromatic nitrogens is 3. The van der Waals surface area contributed by atoms with Crippen molar-refractivity contribution in [3.05, 3.63) is 30.4 Å². The summed E-state index contributed by atoms with van der Waals surface area (Å²) in [5, 5.41) is 4.09. The highest BCUT2D eigenvalue weighted by molar-refractivity contribution is 5.85. The lowest BCUT2D eigenvalue weighted by Crippen LogP contribution is -2.43. The Morgan fingerprint density at radius 2 is 2.16 bits per heavy atom. The third-order valence-electron chi connectivity index (χ3n) is 5.49. The Balaban J connectivity index is 1.32. The second-order valence-corrected chi connectivity index (χ2v) is 7.61. The van der Waals surface area contributed by atoms with Crippen LogP contribution in [0.1, 0.15) is 44.9 Å². The molecule has 0 aromatic carbocycles. The van der Waals surface area contributed by atoms with Crippen LogP contribution < -0.4 is 0 Å². The molecule has 6 nitrogen and oxygen atoms in total. The molecular formula is C19H24N4O2. The van der Waals surface area contributed by atoms with E-state index in [1.54, 1.807) is 12.4 Å². The highest BCUT2D eigenvalue weighted by Crippen LogP contribution is 2.47. The molecule has 1 atom stereocenters. The van der Waals surface area contributed by atoms with Crippen LogP contribution in [0.15, 0.2) is 29.0 Å². The van der Waals surface area contributed by atoms with Gasteiger partial charge >= 0.3 is 0 Å². The number of carbonyl (C=O) groups is 1. The molecule has 132 valence electrons. The Morgan fingerprint density at radius 1 is 1.36 bits per heavy atom. The molecule has 3 heterocycles. The van der Waals surface area contributed by atoms with E-state index in [1.807, 2.05) is 12.1 Å². The van der Waals surface area contributed by atoms with Gasteiger partial charge in [0, 0.05) is 42.9 Å². The number of rotatable bonds is 5. The molecule has 6 heteroatoms. The van der Waals surface area contributed by atoms with Gasteiger partial charge in [0.25, 0.3) is 5.89 Å². The fraction of sp³-hybridized carbons (Fsp3) is 0.579. The number of amides is 1. The maximum atomic E-state index is 12.5. The molecular weight excluding hydrogens is 316 g/mol. The lowest BCUT2D eigenvalue weighted by molar-refractivity contribution is -0.138. The molecule has 0 N–H and O–H groups in total. The average molecular weight is 340 g/mol. The van der Waals surface area contributed by atoms with Gasteiger partial charge in [-0.15, -0.1) is 0 Å². The lowest BCUT2D eigenvalue weighted by Gasteiger charge is -2.34. The Bertz CT molecular complexity index is 739. The van der Waals surface area contributed by atoms with Gasteiger partial charge < -0.3 is 9.42 Å². The Kier molecular flexibility index (Phi) is 4.27. The number of piperidine rings is 1. The van der Waals surface area contributed by atoms with Gasteiger partial charge in [-0.25, -0.2) is 0 Å². The number of likely N-dealkylation sites (tertiary alicyclic amines) is 1. The summed E-state index contributed by atoms with van der Waals surface area (Å²) in [4.78, 5) is 23.1. The zero-order chi connectivity index (χ0) is 17.3. The highest BCUT2D eigenvalue weighted by atomic mass is 16.5. The normalized spacial score (nSPS) is 22.0. The summed E-state index contributed by atoms with van der Waals surface area (Å²) in [5.41, 5.74) is 0.829. The van der Waals surface area contributed by atoms with Crippen molar-refractivity contribution in [2.45, 2.75) is 45.4 Å². The van der Waals surface area contributed by atoms with Crippen molar-refractivity contribution in [2.24, 2.45) is 11.3 Å². The number of hydrogen-bond acceptors (Lipinski definition) is 5. The third kappa shape index (κ3) is 3.57. The first kappa shape index (κ1) is 16.2. The summed E-state index contributed by atoms with van der Waals surface area (Å²) in [5.74, 6) is 2.17. The van der Waals surface area contributed by atoms with Crippen LogP contribution in [0, 0.1) is 11.3 Å². The van der Waals surface area contributed by atoms with Crippen LogP contribution >= 0.6 is 0 Å². The van der Waals surface area contributed by atoms with Gasteiger partial charge in [0.2, 0.25) is 5.91 Å². The molecule has 0 bridgehead atoms. The largest absolute Gasteiger partial charge is 0.342 e. The Morgan fingerprint density at radius 3 is 2.92 bits per heavy atom. The zero-order valence-corrected chi connectivity index (χ0v) is 14.6. The summed E-state index contributed by atoms with van der Waals surface area (Å²) in [6, 6.07) is 3.72. The van der Waals surface area contributed by atoms with Crippen LogP contribution in [-0.2, 0) is 11.2 Å². The maximum absolute atomic E-state index is 12.5. The second kappa shape index (κ2) is 6.58. The molecule has 0 spiro atoms. The van der Waals surface area contributed by atoms with Gasteiger partial charge in [0.1, 0.15) is 0 Å². The minimum absolute atomic E-state index is 0.0605. The van der Waals surface area contributed by atoms with Crippen molar-refractivity contribution in [3.8, 4) is 11.5 Å². The fourth-order valence-corrected chi connectivity index (χ4v) is 3.57. The summed E-state index contributed by atoms with van der Waals surface area (Å²) in [6.07, 6.45) is 9.59. The number of hydrogen-bond donors (Lipinski definition) is 0. The standard InChI is InChI=1S/C19H24N4O2/c1-19(8-9-19)18(24)23-12-2-3-14(13-23)4-5-16-21-17(25-22-16)15-6-10-20-11-7-15/h6-7,10-11,14H,2-5,8-9,12-13H2,1H3. The first-order valence-electron chi connectivity index (χ1n) is 9.16. The molecule has 2 fully saturated rings. The van der Waals surface area contributed by atoms with Crippen LogP contribution in [0.25, 0.3) is 11.5 Å². The van der Waals surface area contributed by atoms with Crippen molar-refractivity contribution in [3.63, 3.8) is 0 Å². The summed E-state index contributed by atoms with van der Waals surface area (Å²) in [6.45, 7) is 3.89. The van der Waals surface area contributed by atoms with Gasteiger partial charge in [0.15, 0.2) is 5.82 Å². The summed E-state index contributed by atoms with van der Waals surface area (Å²) < 4.78 is 5.35. The van der Waals surface area contributed by atoms with Crippen LogP contribution in [-0.4, -0.2) is 39.0 Å². The van der Waals surface area contributed by atoms with E-state index in [1.165, 1.54) is 6.42 Å². The number of carbonyl (C=O) groups excluding carboxylic acids is 1. The van der Waals surface area contributed by atoms with Gasteiger partial charge in [-0.05, 0) is 50.2 Å². The van der Waals surface area contributed by atoms with Crippen LogP contribution in [0.5, 0.6) is 0 Å². The molecule has 4 rings (SSSR count). The molecule has 1 amide bonds. The Labute approximate surface area is 147 Å². The quantitative estimate of drug-likeness (QED) is 0.836. The van der Waals surface area contributed by atoms with Gasteiger partial charge in [-0.3, -0.25) is 9.78 Å². The van der Waals surface area contributed by atoms with Gasteiger partial charge in [0.05, 0.1) is 0 Å². The predicted molar refractivity (Wildman–Crippen MR) is 92.5 cm³/mol. The van der Waals surface area contributed by atoms with E-state index in [4.69, 9.17) is 4.52 Å².